The molecule has 1 saturated carbocycles. The number of rotatable bonds is 14. The average Bonchev–Trinajstić information content (AvgIpc) is 2.65. The van der Waals surface area contributed by atoms with E-state index < -0.39 is 5.97 Å². The Morgan fingerprint density at radius 2 is 1.74 bits per heavy atom. The van der Waals surface area contributed by atoms with Crippen LogP contribution < -0.4 is 0 Å². The van der Waals surface area contributed by atoms with Crippen LogP contribution >= 0.6 is 0 Å². The fourth-order valence-electron chi connectivity index (χ4n) is 3.85. The molecule has 5 heteroatoms. The number of hydrogen-bond acceptors (Lipinski definition) is 4. The summed E-state index contributed by atoms with van der Waals surface area (Å²) in [7, 11) is 0. The summed E-state index contributed by atoms with van der Waals surface area (Å²) < 4.78 is 4.80. The Kier molecular flexibility index (Phi) is 12.0. The van der Waals surface area contributed by atoms with Crippen LogP contribution in [0.4, 0.5) is 0 Å². The molecule has 0 aromatic heterocycles. The van der Waals surface area contributed by atoms with Crippen molar-refractivity contribution in [1.29, 1.82) is 0 Å². The third-order valence-corrected chi connectivity index (χ3v) is 5.61. The van der Waals surface area contributed by atoms with Gasteiger partial charge in [-0.25, -0.2) is 9.63 Å². The molecule has 1 fully saturated rings. The highest BCUT2D eigenvalue weighted by molar-refractivity contribution is 5.81. The van der Waals surface area contributed by atoms with Gasteiger partial charge in [-0.1, -0.05) is 65.9 Å². The summed E-state index contributed by atoms with van der Waals surface area (Å²) in [5.41, 5.74) is 0. The van der Waals surface area contributed by atoms with Gasteiger partial charge >= 0.3 is 5.97 Å². The second-order valence-electron chi connectivity index (χ2n) is 8.53. The van der Waals surface area contributed by atoms with Crippen LogP contribution in [-0.4, -0.2) is 30.1 Å². The minimum Gasteiger partial charge on any atom is -0.459 e. The standard InChI is InChI=1S/C22H40NO4/c1-5-22(24)26-16-17-27-23(25)21-14-12-20(13-15-21)11-7-10-19(4)9-6-8-18(2)3/h5,18-21H,1,6-17H2,2-4H3/q+1. The molecule has 0 saturated heterocycles. The molecule has 1 rings (SSSR count). The summed E-state index contributed by atoms with van der Waals surface area (Å²) in [6.45, 7) is 10.5. The minimum atomic E-state index is -0.495. The highest BCUT2D eigenvalue weighted by Gasteiger charge is 2.33. The summed E-state index contributed by atoms with van der Waals surface area (Å²) in [5.74, 6) is 1.91. The van der Waals surface area contributed by atoms with Gasteiger partial charge in [-0.15, -0.1) is 0 Å². The van der Waals surface area contributed by atoms with E-state index in [1.165, 1.54) is 38.5 Å². The predicted molar refractivity (Wildman–Crippen MR) is 108 cm³/mol. The molecule has 0 aliphatic heterocycles. The molecule has 1 unspecified atom stereocenters. The highest BCUT2D eigenvalue weighted by atomic mass is 16.8. The summed E-state index contributed by atoms with van der Waals surface area (Å²) in [5, 5.41) is 0. The monoisotopic (exact) mass is 382 g/mol. The zero-order valence-electron chi connectivity index (χ0n) is 17.7. The summed E-state index contributed by atoms with van der Waals surface area (Å²) in [4.78, 5) is 28.8. The number of nitrogens with zero attached hydrogens (tertiary/aromatic N) is 1. The van der Waals surface area contributed by atoms with Crippen LogP contribution in [-0.2, 0) is 14.4 Å². The van der Waals surface area contributed by atoms with Gasteiger partial charge in [-0.2, -0.15) is 0 Å². The first kappa shape index (κ1) is 23.6. The van der Waals surface area contributed by atoms with Gasteiger partial charge in [-0.05, 0) is 30.6 Å². The van der Waals surface area contributed by atoms with Crippen LogP contribution in [0.2, 0.25) is 0 Å². The first-order chi connectivity index (χ1) is 12.9. The first-order valence-electron chi connectivity index (χ1n) is 10.8. The maximum absolute atomic E-state index is 12.0. The number of hydrogen-bond donors (Lipinski definition) is 0. The van der Waals surface area contributed by atoms with Crippen molar-refractivity contribution in [1.82, 2.24) is 0 Å². The van der Waals surface area contributed by atoms with Crippen molar-refractivity contribution >= 4 is 5.97 Å². The van der Waals surface area contributed by atoms with Gasteiger partial charge in [0.05, 0.1) is 4.91 Å². The van der Waals surface area contributed by atoms with E-state index in [4.69, 9.17) is 9.57 Å². The van der Waals surface area contributed by atoms with E-state index >= 15 is 0 Å². The van der Waals surface area contributed by atoms with Crippen LogP contribution in [0.5, 0.6) is 0 Å². The Morgan fingerprint density at radius 1 is 1.07 bits per heavy atom. The highest BCUT2D eigenvalue weighted by Crippen LogP contribution is 2.30. The Hall–Kier alpha value is -1.39. The summed E-state index contributed by atoms with van der Waals surface area (Å²) >= 11 is 0. The fraction of sp³-hybridized carbons (Fsp3) is 0.864. The lowest BCUT2D eigenvalue weighted by Crippen LogP contribution is -2.30. The van der Waals surface area contributed by atoms with Crippen molar-refractivity contribution in [3.63, 3.8) is 0 Å². The van der Waals surface area contributed by atoms with Crippen LogP contribution in [0.15, 0.2) is 12.7 Å². The van der Waals surface area contributed by atoms with Crippen molar-refractivity contribution in [3.05, 3.63) is 17.6 Å². The maximum Gasteiger partial charge on any atom is 0.330 e. The van der Waals surface area contributed by atoms with Crippen molar-refractivity contribution in [3.8, 4) is 0 Å². The molecule has 0 N–H and O–H groups in total. The Labute approximate surface area is 165 Å². The molecular weight excluding hydrogens is 342 g/mol. The molecule has 0 amide bonds. The SMILES string of the molecule is C=CC(=O)OCCO[N+](=O)C1CCC(CCCC(C)CCCC(C)C)CC1. The third kappa shape index (κ3) is 11.1. The Morgan fingerprint density at radius 3 is 2.37 bits per heavy atom. The quantitative estimate of drug-likeness (QED) is 0.169. The van der Waals surface area contributed by atoms with Gasteiger partial charge in [0.2, 0.25) is 4.92 Å². The molecule has 156 valence electrons. The zero-order chi connectivity index (χ0) is 20.1. The number of carbonyl (C=O) groups is 1. The molecule has 5 nitrogen and oxygen atoms in total. The predicted octanol–water partition coefficient (Wildman–Crippen LogP) is 5.62. The smallest absolute Gasteiger partial charge is 0.330 e. The van der Waals surface area contributed by atoms with Crippen molar-refractivity contribution in [2.75, 3.05) is 13.2 Å². The van der Waals surface area contributed by atoms with E-state index in [2.05, 4.69) is 27.4 Å². The van der Waals surface area contributed by atoms with Gasteiger partial charge in [-0.3, -0.25) is 0 Å². The molecule has 1 aliphatic carbocycles. The van der Waals surface area contributed by atoms with Crippen molar-refractivity contribution < 1.29 is 19.3 Å². The lowest BCUT2D eigenvalue weighted by molar-refractivity contribution is -0.828. The van der Waals surface area contributed by atoms with Gasteiger partial charge in [0.15, 0.2) is 6.61 Å². The number of carbonyl (C=O) groups excluding carboxylic acids is 1. The van der Waals surface area contributed by atoms with E-state index in [1.54, 1.807) is 0 Å². The van der Waals surface area contributed by atoms with Crippen LogP contribution in [0.3, 0.4) is 0 Å². The first-order valence-corrected chi connectivity index (χ1v) is 10.8. The second kappa shape index (κ2) is 13.7. The van der Waals surface area contributed by atoms with Gasteiger partial charge in [0, 0.05) is 18.9 Å². The molecular formula is C22H40NO4+. The molecule has 1 aliphatic rings. The summed E-state index contributed by atoms with van der Waals surface area (Å²) in [6, 6.07) is -0.0636. The molecule has 1 atom stereocenters. The van der Waals surface area contributed by atoms with Gasteiger partial charge in [0.1, 0.15) is 6.61 Å². The van der Waals surface area contributed by atoms with E-state index in [0.717, 1.165) is 54.4 Å². The van der Waals surface area contributed by atoms with Gasteiger partial charge in [0.25, 0.3) is 6.04 Å². The topological polar surface area (TPSA) is 55.6 Å². The minimum absolute atomic E-state index is 0.0636. The Bertz CT molecular complexity index is 442. The second-order valence-corrected chi connectivity index (χ2v) is 8.53. The molecule has 0 aromatic rings. The molecule has 0 radical (unpaired) electrons. The van der Waals surface area contributed by atoms with Crippen molar-refractivity contribution in [2.24, 2.45) is 17.8 Å². The lowest BCUT2D eigenvalue weighted by atomic mass is 9.82. The fourth-order valence-corrected chi connectivity index (χ4v) is 3.85. The number of ether oxygens (including phenoxy) is 1. The lowest BCUT2D eigenvalue weighted by Gasteiger charge is -2.23. The van der Waals surface area contributed by atoms with Crippen LogP contribution in [0, 0.1) is 22.7 Å². The third-order valence-electron chi connectivity index (χ3n) is 5.61. The molecule has 0 aromatic carbocycles. The number of esters is 1. The molecule has 0 spiro atoms. The van der Waals surface area contributed by atoms with Crippen LogP contribution in [0.1, 0.15) is 85.0 Å². The maximum atomic E-state index is 12.0. The summed E-state index contributed by atoms with van der Waals surface area (Å²) in [6.07, 6.45) is 13.1. The molecule has 0 bridgehead atoms. The van der Waals surface area contributed by atoms with Crippen molar-refractivity contribution in [2.45, 2.75) is 91.0 Å². The van der Waals surface area contributed by atoms with Crippen LogP contribution in [0.25, 0.3) is 0 Å². The molecule has 27 heavy (non-hydrogen) atoms. The average molecular weight is 383 g/mol. The normalized spacial score (nSPS) is 20.9. The molecule has 0 heterocycles. The van der Waals surface area contributed by atoms with E-state index in [-0.39, 0.29) is 19.3 Å². The van der Waals surface area contributed by atoms with E-state index in [0.29, 0.717) is 0 Å². The van der Waals surface area contributed by atoms with Gasteiger partial charge < -0.3 is 4.74 Å². The van der Waals surface area contributed by atoms with E-state index in [1.807, 2.05) is 0 Å². The zero-order valence-corrected chi connectivity index (χ0v) is 17.7. The van der Waals surface area contributed by atoms with E-state index in [9.17, 15) is 9.70 Å². The largest absolute Gasteiger partial charge is 0.459 e. The Balaban J connectivity index is 2.07.